The van der Waals surface area contributed by atoms with Gasteiger partial charge in [-0.3, -0.25) is 4.79 Å². The molecule has 0 radical (unpaired) electrons. The first kappa shape index (κ1) is 19.4. The molecule has 0 aliphatic heterocycles. The number of hydrogen-bond donors (Lipinski definition) is 2. The predicted octanol–water partition coefficient (Wildman–Crippen LogP) is 2.49. The molecule has 0 bridgehead atoms. The van der Waals surface area contributed by atoms with Crippen LogP contribution in [0.4, 0.5) is 5.69 Å². The van der Waals surface area contributed by atoms with Crippen LogP contribution in [0.2, 0.25) is 0 Å². The summed E-state index contributed by atoms with van der Waals surface area (Å²) in [5.74, 6) is -0.976. The molecular weight excluding hydrogens is 360 g/mol. The van der Waals surface area contributed by atoms with Crippen LogP contribution < -0.4 is 9.62 Å². The van der Waals surface area contributed by atoms with Gasteiger partial charge in [0.1, 0.15) is 4.21 Å². The highest BCUT2D eigenvalue weighted by atomic mass is 32.2. The number of carbonyl (C=O) groups is 1. The fourth-order valence-electron chi connectivity index (χ4n) is 2.50. The lowest BCUT2D eigenvalue weighted by molar-refractivity contribution is -0.136. The van der Waals surface area contributed by atoms with Crippen molar-refractivity contribution in [3.05, 3.63) is 46.8 Å². The number of hydrogen-bond acceptors (Lipinski definition) is 5. The van der Waals surface area contributed by atoms with Gasteiger partial charge in [0.15, 0.2) is 0 Å². The van der Waals surface area contributed by atoms with Crippen LogP contribution in [0.3, 0.4) is 0 Å². The van der Waals surface area contributed by atoms with Crippen LogP contribution in [-0.4, -0.2) is 39.1 Å². The fraction of sp³-hybridized carbons (Fsp3) is 0.353. The molecule has 6 nitrogen and oxygen atoms in total. The van der Waals surface area contributed by atoms with Crippen molar-refractivity contribution in [1.82, 2.24) is 4.72 Å². The molecule has 2 aromatic rings. The Morgan fingerprint density at radius 2 is 1.96 bits per heavy atom. The second-order valence-corrected chi connectivity index (χ2v) is 8.72. The fourth-order valence-corrected chi connectivity index (χ4v) is 4.91. The number of carboxylic acids is 1. The Kier molecular flexibility index (Phi) is 6.57. The summed E-state index contributed by atoms with van der Waals surface area (Å²) in [7, 11) is -3.62. The monoisotopic (exact) mass is 382 g/mol. The Hall–Kier alpha value is -1.90. The first-order chi connectivity index (χ1) is 11.8. The normalized spacial score (nSPS) is 11.4. The van der Waals surface area contributed by atoms with Gasteiger partial charge >= 0.3 is 5.97 Å². The number of anilines is 1. The molecule has 0 aliphatic rings. The summed E-state index contributed by atoms with van der Waals surface area (Å²) in [5.41, 5.74) is 2.23. The number of nitrogens with zero attached hydrogens (tertiary/aromatic N) is 1. The number of thiophene rings is 1. The number of carboxylic acid groups (broad SMARTS) is 1. The second-order valence-electron chi connectivity index (χ2n) is 5.56. The zero-order valence-electron chi connectivity index (χ0n) is 14.2. The van der Waals surface area contributed by atoms with E-state index in [4.69, 9.17) is 5.11 Å². The van der Waals surface area contributed by atoms with Gasteiger partial charge in [0, 0.05) is 30.2 Å². The zero-order chi connectivity index (χ0) is 18.4. The molecule has 136 valence electrons. The largest absolute Gasteiger partial charge is 0.481 e. The molecule has 0 aliphatic carbocycles. The van der Waals surface area contributed by atoms with Gasteiger partial charge in [-0.15, -0.1) is 11.3 Å². The lowest BCUT2D eigenvalue weighted by Crippen LogP contribution is -2.35. The minimum absolute atomic E-state index is 0.141. The molecule has 0 atom stereocenters. The smallest absolute Gasteiger partial charge is 0.308 e. The quantitative estimate of drug-likeness (QED) is 0.696. The minimum Gasteiger partial charge on any atom is -0.481 e. The number of nitrogens with one attached hydrogen (secondary N) is 1. The maximum absolute atomic E-state index is 12.3. The summed E-state index contributed by atoms with van der Waals surface area (Å²) in [6, 6.07) is 11.0. The van der Waals surface area contributed by atoms with E-state index in [0.717, 1.165) is 29.1 Å². The third kappa shape index (κ3) is 5.29. The second kappa shape index (κ2) is 8.46. The average Bonchev–Trinajstić information content (AvgIpc) is 3.01. The summed E-state index contributed by atoms with van der Waals surface area (Å²) in [5, 5.41) is 8.78. The van der Waals surface area contributed by atoms with Crippen molar-refractivity contribution < 1.29 is 18.3 Å². The summed E-state index contributed by atoms with van der Waals surface area (Å²) in [6.45, 7) is 5.65. The molecule has 8 heteroatoms. The molecule has 25 heavy (non-hydrogen) atoms. The molecule has 1 aromatic carbocycles. The van der Waals surface area contributed by atoms with Crippen LogP contribution in [0.5, 0.6) is 0 Å². The third-order valence-corrected chi connectivity index (χ3v) is 6.78. The van der Waals surface area contributed by atoms with E-state index in [1.165, 1.54) is 6.07 Å². The zero-order valence-corrected chi connectivity index (χ0v) is 15.9. The van der Waals surface area contributed by atoms with Gasteiger partial charge < -0.3 is 10.0 Å². The number of rotatable bonds is 9. The van der Waals surface area contributed by atoms with Crippen molar-refractivity contribution >= 4 is 33.0 Å². The first-order valence-corrected chi connectivity index (χ1v) is 10.2. The minimum atomic E-state index is -3.62. The van der Waals surface area contributed by atoms with Crippen LogP contribution in [0.25, 0.3) is 0 Å². The summed E-state index contributed by atoms with van der Waals surface area (Å²) in [4.78, 5) is 13.3. The molecule has 0 amide bonds. The molecule has 2 N–H and O–H groups in total. The molecule has 0 saturated heterocycles. The van der Waals surface area contributed by atoms with Crippen molar-refractivity contribution in [2.75, 3.05) is 24.5 Å². The van der Waals surface area contributed by atoms with Crippen molar-refractivity contribution in [2.24, 2.45) is 0 Å². The number of aliphatic carboxylic acids is 1. The van der Waals surface area contributed by atoms with Crippen LogP contribution in [0.1, 0.15) is 17.4 Å². The highest BCUT2D eigenvalue weighted by Crippen LogP contribution is 2.22. The van der Waals surface area contributed by atoms with Crippen LogP contribution in [0, 0.1) is 6.92 Å². The molecule has 0 saturated carbocycles. The summed E-state index contributed by atoms with van der Waals surface area (Å²) in [6.07, 6.45) is -0.170. The Morgan fingerprint density at radius 1 is 1.24 bits per heavy atom. The van der Waals surface area contributed by atoms with Crippen molar-refractivity contribution in [3.8, 4) is 0 Å². The number of benzene rings is 1. The van der Waals surface area contributed by atoms with Crippen LogP contribution in [-0.2, 0) is 21.2 Å². The molecular formula is C17H22N2O4S2. The summed E-state index contributed by atoms with van der Waals surface area (Å²) < 4.78 is 27.4. The predicted molar refractivity (Wildman–Crippen MR) is 99.9 cm³/mol. The van der Waals surface area contributed by atoms with Crippen LogP contribution in [0.15, 0.2) is 40.6 Å². The summed E-state index contributed by atoms with van der Waals surface area (Å²) >= 11 is 0.987. The van der Waals surface area contributed by atoms with Crippen LogP contribution >= 0.6 is 11.3 Å². The Morgan fingerprint density at radius 3 is 2.60 bits per heavy atom. The van der Waals surface area contributed by atoms with Gasteiger partial charge in [0.05, 0.1) is 6.42 Å². The lowest BCUT2D eigenvalue weighted by Gasteiger charge is -2.25. The van der Waals surface area contributed by atoms with Crippen molar-refractivity contribution in [1.29, 1.82) is 0 Å². The van der Waals surface area contributed by atoms with Crippen molar-refractivity contribution in [3.63, 3.8) is 0 Å². The Labute approximate surface area is 152 Å². The highest BCUT2D eigenvalue weighted by Gasteiger charge is 2.18. The van der Waals surface area contributed by atoms with E-state index in [2.05, 4.69) is 9.62 Å². The van der Waals surface area contributed by atoms with Gasteiger partial charge in [-0.2, -0.15) is 0 Å². The van der Waals surface area contributed by atoms with E-state index >= 15 is 0 Å². The molecule has 0 unspecified atom stereocenters. The standard InChI is InChI=1S/C17H22N2O4S2/c1-3-19(15-7-5-4-6-13(15)2)11-10-18-25(22,23)17-9-8-14(24-17)12-16(20)21/h4-9,18H,3,10-12H2,1-2H3,(H,20,21). The van der Waals surface area contributed by atoms with E-state index in [0.29, 0.717) is 11.4 Å². The number of sulfonamides is 1. The van der Waals surface area contributed by atoms with Crippen molar-refractivity contribution in [2.45, 2.75) is 24.5 Å². The van der Waals surface area contributed by atoms with Gasteiger partial charge in [0.2, 0.25) is 10.0 Å². The van der Waals surface area contributed by atoms with E-state index in [1.807, 2.05) is 38.1 Å². The molecule has 1 aromatic heterocycles. The number of likely N-dealkylation sites (N-methyl/N-ethyl adjacent to an activating group) is 1. The Bertz CT molecular complexity index is 831. The molecule has 0 spiro atoms. The molecule has 1 heterocycles. The number of aryl methyl sites for hydroxylation is 1. The van der Waals surface area contributed by atoms with Gasteiger partial charge in [0.25, 0.3) is 0 Å². The number of para-hydroxylation sites is 1. The lowest BCUT2D eigenvalue weighted by atomic mass is 10.2. The van der Waals surface area contributed by atoms with E-state index < -0.39 is 16.0 Å². The van der Waals surface area contributed by atoms with E-state index in [9.17, 15) is 13.2 Å². The maximum atomic E-state index is 12.3. The highest BCUT2D eigenvalue weighted by molar-refractivity contribution is 7.91. The molecule has 0 fully saturated rings. The Balaban J connectivity index is 1.98. The van der Waals surface area contributed by atoms with Gasteiger partial charge in [-0.05, 0) is 37.6 Å². The first-order valence-electron chi connectivity index (χ1n) is 7.94. The van der Waals surface area contributed by atoms with Gasteiger partial charge in [-0.1, -0.05) is 18.2 Å². The van der Waals surface area contributed by atoms with Gasteiger partial charge in [-0.25, -0.2) is 13.1 Å². The average molecular weight is 383 g/mol. The van der Waals surface area contributed by atoms with E-state index in [-0.39, 0.29) is 17.2 Å². The third-order valence-electron chi connectivity index (χ3n) is 3.74. The SMILES string of the molecule is CCN(CCNS(=O)(=O)c1ccc(CC(=O)O)s1)c1ccccc1C. The van der Waals surface area contributed by atoms with E-state index in [1.54, 1.807) is 6.07 Å². The topological polar surface area (TPSA) is 86.7 Å². The maximum Gasteiger partial charge on any atom is 0.308 e. The molecule has 2 rings (SSSR count).